The van der Waals surface area contributed by atoms with Gasteiger partial charge in [0.1, 0.15) is 5.00 Å². The Morgan fingerprint density at radius 3 is 2.64 bits per heavy atom. The predicted molar refractivity (Wildman–Crippen MR) is 108 cm³/mol. The van der Waals surface area contributed by atoms with Gasteiger partial charge in [0.15, 0.2) is 12.4 Å². The lowest BCUT2D eigenvalue weighted by atomic mass is 10.0. The molecule has 2 aromatic rings. The highest BCUT2D eigenvalue weighted by Crippen LogP contribution is 2.36. The van der Waals surface area contributed by atoms with Crippen molar-refractivity contribution >= 4 is 34.0 Å². The van der Waals surface area contributed by atoms with Gasteiger partial charge in [-0.25, -0.2) is 4.79 Å². The summed E-state index contributed by atoms with van der Waals surface area (Å²) in [6.45, 7) is 3.43. The number of hydrogen-bond acceptors (Lipinski definition) is 5. The molecule has 5 nitrogen and oxygen atoms in total. The summed E-state index contributed by atoms with van der Waals surface area (Å²) >= 11 is 1.37. The number of ketones is 1. The molecule has 0 saturated heterocycles. The highest BCUT2D eigenvalue weighted by atomic mass is 32.1. The van der Waals surface area contributed by atoms with Crippen LogP contribution in [-0.4, -0.2) is 24.3 Å². The van der Waals surface area contributed by atoms with Crippen LogP contribution in [0.3, 0.4) is 0 Å². The molecule has 6 heteroatoms. The van der Waals surface area contributed by atoms with Crippen LogP contribution in [0.2, 0.25) is 0 Å². The maximum Gasteiger partial charge on any atom is 0.341 e. The number of carbonyl (C=O) groups is 3. The SMILES string of the molecule is Cc1sc(NC(=O)C2CC2)c(C(=O)OCC(=O)c2ccc3c(c2)CCC3)c1C. The van der Waals surface area contributed by atoms with E-state index in [1.54, 1.807) is 0 Å². The number of hydrogen-bond donors (Lipinski definition) is 1. The van der Waals surface area contributed by atoms with Gasteiger partial charge >= 0.3 is 5.97 Å². The van der Waals surface area contributed by atoms with Crippen LogP contribution >= 0.6 is 11.3 Å². The molecule has 0 atom stereocenters. The number of benzene rings is 1. The van der Waals surface area contributed by atoms with Gasteiger partial charge < -0.3 is 10.1 Å². The summed E-state index contributed by atoms with van der Waals surface area (Å²) in [6, 6.07) is 5.72. The lowest BCUT2D eigenvalue weighted by Gasteiger charge is -2.08. The highest BCUT2D eigenvalue weighted by molar-refractivity contribution is 7.16. The molecule has 1 aromatic heterocycles. The van der Waals surface area contributed by atoms with E-state index in [0.29, 0.717) is 16.1 Å². The van der Waals surface area contributed by atoms with Crippen molar-refractivity contribution in [3.8, 4) is 0 Å². The van der Waals surface area contributed by atoms with E-state index in [1.807, 2.05) is 32.0 Å². The summed E-state index contributed by atoms with van der Waals surface area (Å²) in [5.74, 6) is -0.781. The number of carbonyl (C=O) groups excluding carboxylic acids is 3. The lowest BCUT2D eigenvalue weighted by Crippen LogP contribution is -2.18. The molecule has 2 aliphatic rings. The molecule has 28 heavy (non-hydrogen) atoms. The number of thiophene rings is 1. The fraction of sp³-hybridized carbons (Fsp3) is 0.409. The monoisotopic (exact) mass is 397 g/mol. The summed E-state index contributed by atoms with van der Waals surface area (Å²) in [4.78, 5) is 38.2. The standard InChI is InChI=1S/C22H23NO4S/c1-12-13(2)28-21(23-20(25)15-7-8-15)19(12)22(26)27-11-18(24)17-9-6-14-4-3-5-16(14)10-17/h6,9-10,15H,3-5,7-8,11H2,1-2H3,(H,23,25). The van der Waals surface area contributed by atoms with Crippen molar-refractivity contribution in [3.05, 3.63) is 50.9 Å². The normalized spacial score (nSPS) is 15.2. The summed E-state index contributed by atoms with van der Waals surface area (Å²) in [6.07, 6.45) is 4.96. The maximum absolute atomic E-state index is 12.7. The van der Waals surface area contributed by atoms with Gasteiger partial charge in [-0.3, -0.25) is 9.59 Å². The molecule has 1 saturated carbocycles. The molecule has 0 spiro atoms. The van der Waals surface area contributed by atoms with Crippen molar-refractivity contribution in [2.75, 3.05) is 11.9 Å². The van der Waals surface area contributed by atoms with E-state index in [2.05, 4.69) is 5.32 Å². The van der Waals surface area contributed by atoms with E-state index in [0.717, 1.165) is 42.5 Å². The van der Waals surface area contributed by atoms with E-state index in [9.17, 15) is 14.4 Å². The number of ether oxygens (including phenoxy) is 1. The third-order valence-electron chi connectivity index (χ3n) is 5.53. The van der Waals surface area contributed by atoms with Gasteiger partial charge in [-0.05, 0) is 68.7 Å². The van der Waals surface area contributed by atoms with Crippen LogP contribution < -0.4 is 5.32 Å². The summed E-state index contributed by atoms with van der Waals surface area (Å²) in [7, 11) is 0. The highest BCUT2D eigenvalue weighted by Gasteiger charge is 2.32. The van der Waals surface area contributed by atoms with Gasteiger partial charge in [0, 0.05) is 16.4 Å². The number of amides is 1. The molecule has 146 valence electrons. The molecular weight excluding hydrogens is 374 g/mol. The van der Waals surface area contributed by atoms with Crippen LogP contribution in [0.15, 0.2) is 18.2 Å². The second-order valence-electron chi connectivity index (χ2n) is 7.59. The molecule has 1 fully saturated rings. The van der Waals surface area contributed by atoms with Crippen LogP contribution in [0, 0.1) is 19.8 Å². The van der Waals surface area contributed by atoms with E-state index in [4.69, 9.17) is 4.74 Å². The molecule has 0 aliphatic heterocycles. The van der Waals surface area contributed by atoms with Crippen LogP contribution in [0.5, 0.6) is 0 Å². The van der Waals surface area contributed by atoms with Crippen LogP contribution in [0.4, 0.5) is 5.00 Å². The number of esters is 1. The fourth-order valence-corrected chi connectivity index (χ4v) is 4.60. The smallest absolute Gasteiger partial charge is 0.341 e. The van der Waals surface area contributed by atoms with Crippen molar-refractivity contribution in [2.24, 2.45) is 5.92 Å². The third kappa shape index (κ3) is 3.74. The van der Waals surface area contributed by atoms with E-state index < -0.39 is 5.97 Å². The van der Waals surface area contributed by atoms with Gasteiger partial charge in [0.05, 0.1) is 5.56 Å². The van der Waals surface area contributed by atoms with E-state index in [1.165, 1.54) is 22.5 Å². The second kappa shape index (κ2) is 7.51. The first-order valence-corrected chi connectivity index (χ1v) is 10.5. The number of Topliss-reactive ketones (excluding diaryl/α,β-unsaturated/α-hetero) is 1. The molecule has 4 rings (SSSR count). The first-order valence-electron chi connectivity index (χ1n) is 9.67. The number of rotatable bonds is 6. The van der Waals surface area contributed by atoms with Gasteiger partial charge in [0.2, 0.25) is 5.91 Å². The second-order valence-corrected chi connectivity index (χ2v) is 8.81. The first kappa shape index (κ1) is 18.9. The van der Waals surface area contributed by atoms with E-state index in [-0.39, 0.29) is 24.2 Å². The molecule has 0 unspecified atom stereocenters. The Bertz CT molecular complexity index is 971. The summed E-state index contributed by atoms with van der Waals surface area (Å²) in [5, 5.41) is 3.37. The molecular formula is C22H23NO4S. The van der Waals surface area contributed by atoms with Crippen molar-refractivity contribution in [1.82, 2.24) is 0 Å². The largest absolute Gasteiger partial charge is 0.454 e. The molecule has 0 radical (unpaired) electrons. The third-order valence-corrected chi connectivity index (χ3v) is 6.65. The molecule has 1 N–H and O–H groups in total. The Labute approximate surface area is 168 Å². The zero-order chi connectivity index (χ0) is 19.8. The first-order chi connectivity index (χ1) is 13.4. The van der Waals surface area contributed by atoms with Crippen molar-refractivity contribution < 1.29 is 19.1 Å². The van der Waals surface area contributed by atoms with Crippen molar-refractivity contribution in [1.29, 1.82) is 0 Å². The van der Waals surface area contributed by atoms with Gasteiger partial charge in [-0.1, -0.05) is 12.1 Å². The number of nitrogens with one attached hydrogen (secondary N) is 1. The summed E-state index contributed by atoms with van der Waals surface area (Å²) in [5.41, 5.74) is 4.23. The predicted octanol–water partition coefficient (Wildman–Crippen LogP) is 4.24. The Morgan fingerprint density at radius 1 is 1.14 bits per heavy atom. The van der Waals surface area contributed by atoms with Gasteiger partial charge in [-0.2, -0.15) is 0 Å². The van der Waals surface area contributed by atoms with Crippen LogP contribution in [0.25, 0.3) is 0 Å². The minimum absolute atomic E-state index is 0.0490. The average molecular weight is 397 g/mol. The topological polar surface area (TPSA) is 72.5 Å². The van der Waals surface area contributed by atoms with Gasteiger partial charge in [0.25, 0.3) is 0 Å². The molecule has 1 amide bonds. The molecule has 2 aliphatic carbocycles. The summed E-state index contributed by atoms with van der Waals surface area (Å²) < 4.78 is 5.32. The lowest BCUT2D eigenvalue weighted by molar-refractivity contribution is -0.117. The van der Waals surface area contributed by atoms with E-state index >= 15 is 0 Å². The molecule has 0 bridgehead atoms. The van der Waals surface area contributed by atoms with Crippen molar-refractivity contribution in [3.63, 3.8) is 0 Å². The Hall–Kier alpha value is -2.47. The van der Waals surface area contributed by atoms with Crippen LogP contribution in [0.1, 0.15) is 61.5 Å². The Kier molecular flexibility index (Phi) is 5.06. The van der Waals surface area contributed by atoms with Crippen LogP contribution in [-0.2, 0) is 22.4 Å². The zero-order valence-corrected chi connectivity index (χ0v) is 16.9. The average Bonchev–Trinajstić information content (AvgIpc) is 3.36. The van der Waals surface area contributed by atoms with Crippen molar-refractivity contribution in [2.45, 2.75) is 46.0 Å². The molecule has 1 aromatic carbocycles. The Morgan fingerprint density at radius 2 is 1.89 bits per heavy atom. The van der Waals surface area contributed by atoms with Gasteiger partial charge in [-0.15, -0.1) is 11.3 Å². The number of aryl methyl sites for hydroxylation is 3. The minimum atomic E-state index is -0.567. The Balaban J connectivity index is 1.44. The minimum Gasteiger partial charge on any atom is -0.454 e. The zero-order valence-electron chi connectivity index (χ0n) is 16.1. The molecule has 1 heterocycles. The number of anilines is 1. The fourth-order valence-electron chi connectivity index (χ4n) is 3.55. The maximum atomic E-state index is 12.7. The number of fused-ring (bicyclic) bond motifs is 1. The quantitative estimate of drug-likeness (QED) is 0.584.